The van der Waals surface area contributed by atoms with Crippen LogP contribution < -0.4 is 5.32 Å². The molecule has 0 fully saturated rings. The number of thiophene rings is 1. The van der Waals surface area contributed by atoms with Gasteiger partial charge >= 0.3 is 0 Å². The standard InChI is InChI=1S/C12H21NO2S2/c1-4-7-13-10(2)9-11(3)17(14,15)12-6-5-8-16-12/h5-6,8,10-11,13H,4,7,9H2,1-3H3. The van der Waals surface area contributed by atoms with Crippen molar-refractivity contribution >= 4 is 21.2 Å². The number of hydrogen-bond donors (Lipinski definition) is 1. The maximum absolute atomic E-state index is 12.2. The maximum atomic E-state index is 12.2. The first-order chi connectivity index (χ1) is 7.98. The summed E-state index contributed by atoms with van der Waals surface area (Å²) in [5, 5.41) is 4.79. The highest BCUT2D eigenvalue weighted by Crippen LogP contribution is 2.23. The van der Waals surface area contributed by atoms with Crippen LogP contribution in [0.3, 0.4) is 0 Å². The minimum absolute atomic E-state index is 0.236. The molecule has 0 amide bonds. The second-order valence-corrected chi connectivity index (χ2v) is 7.92. The first-order valence-electron chi connectivity index (χ1n) is 5.99. The molecule has 3 nitrogen and oxygen atoms in total. The van der Waals surface area contributed by atoms with E-state index in [9.17, 15) is 8.42 Å². The van der Waals surface area contributed by atoms with Crippen molar-refractivity contribution in [2.75, 3.05) is 6.54 Å². The maximum Gasteiger partial charge on any atom is 0.190 e. The molecule has 1 heterocycles. The van der Waals surface area contributed by atoms with Crippen LogP contribution >= 0.6 is 11.3 Å². The van der Waals surface area contributed by atoms with E-state index in [0.717, 1.165) is 13.0 Å². The Morgan fingerprint density at radius 3 is 2.65 bits per heavy atom. The van der Waals surface area contributed by atoms with Crippen LogP contribution in [0.2, 0.25) is 0 Å². The number of nitrogens with one attached hydrogen (secondary N) is 1. The zero-order valence-corrected chi connectivity index (χ0v) is 12.3. The topological polar surface area (TPSA) is 46.2 Å². The van der Waals surface area contributed by atoms with Gasteiger partial charge in [0.1, 0.15) is 4.21 Å². The smallest absolute Gasteiger partial charge is 0.190 e. The molecule has 1 aromatic rings. The van der Waals surface area contributed by atoms with Crippen LogP contribution in [0.5, 0.6) is 0 Å². The van der Waals surface area contributed by atoms with Gasteiger partial charge in [0.25, 0.3) is 0 Å². The lowest BCUT2D eigenvalue weighted by molar-refractivity contribution is 0.498. The molecular weight excluding hydrogens is 254 g/mol. The minimum atomic E-state index is -3.14. The van der Waals surface area contributed by atoms with Gasteiger partial charge in [0.2, 0.25) is 0 Å². The Balaban J connectivity index is 2.61. The van der Waals surface area contributed by atoms with Gasteiger partial charge in [-0.1, -0.05) is 13.0 Å². The molecule has 2 unspecified atom stereocenters. The fourth-order valence-electron chi connectivity index (χ4n) is 1.72. The minimum Gasteiger partial charge on any atom is -0.314 e. The zero-order chi connectivity index (χ0) is 12.9. The Labute approximate surface area is 108 Å². The predicted molar refractivity (Wildman–Crippen MR) is 73.3 cm³/mol. The van der Waals surface area contributed by atoms with Crippen LogP contribution in [0.1, 0.15) is 33.6 Å². The molecule has 0 spiro atoms. The van der Waals surface area contributed by atoms with Crippen molar-refractivity contribution in [3.8, 4) is 0 Å². The van der Waals surface area contributed by atoms with E-state index >= 15 is 0 Å². The van der Waals surface area contributed by atoms with Gasteiger partial charge in [-0.3, -0.25) is 0 Å². The summed E-state index contributed by atoms with van der Waals surface area (Å²) >= 11 is 1.29. The molecule has 0 aliphatic carbocycles. The highest BCUT2D eigenvalue weighted by Gasteiger charge is 2.25. The van der Waals surface area contributed by atoms with Crippen molar-refractivity contribution < 1.29 is 8.42 Å². The third kappa shape index (κ3) is 4.08. The quantitative estimate of drug-likeness (QED) is 0.832. The van der Waals surface area contributed by atoms with Gasteiger partial charge in [0, 0.05) is 6.04 Å². The fraction of sp³-hybridized carbons (Fsp3) is 0.667. The van der Waals surface area contributed by atoms with Gasteiger partial charge < -0.3 is 5.32 Å². The highest BCUT2D eigenvalue weighted by atomic mass is 32.2. The molecular formula is C12H21NO2S2. The van der Waals surface area contributed by atoms with E-state index in [-0.39, 0.29) is 11.3 Å². The van der Waals surface area contributed by atoms with Crippen LogP contribution in [-0.2, 0) is 9.84 Å². The summed E-state index contributed by atoms with van der Waals surface area (Å²) in [5.41, 5.74) is 0. The molecule has 98 valence electrons. The molecule has 0 aromatic carbocycles. The van der Waals surface area contributed by atoms with Gasteiger partial charge in [-0.05, 0) is 44.7 Å². The summed E-state index contributed by atoms with van der Waals surface area (Å²) in [6.07, 6.45) is 1.72. The third-order valence-electron chi connectivity index (χ3n) is 2.73. The van der Waals surface area contributed by atoms with Gasteiger partial charge in [0.05, 0.1) is 5.25 Å². The summed E-state index contributed by atoms with van der Waals surface area (Å²) < 4.78 is 24.8. The lowest BCUT2D eigenvalue weighted by Gasteiger charge is -2.18. The third-order valence-corrected chi connectivity index (χ3v) is 6.33. The lowest BCUT2D eigenvalue weighted by atomic mass is 10.2. The number of sulfone groups is 1. The normalized spacial score (nSPS) is 15.7. The first kappa shape index (κ1) is 14.7. The Hall–Kier alpha value is -0.390. The van der Waals surface area contributed by atoms with Gasteiger partial charge in [-0.15, -0.1) is 11.3 Å². The summed E-state index contributed by atoms with van der Waals surface area (Å²) in [5.74, 6) is 0. The SMILES string of the molecule is CCCNC(C)CC(C)S(=O)(=O)c1cccs1. The monoisotopic (exact) mass is 275 g/mol. The fourth-order valence-corrected chi connectivity index (χ4v) is 4.57. The zero-order valence-electron chi connectivity index (χ0n) is 10.6. The van der Waals surface area contributed by atoms with Gasteiger partial charge in [-0.2, -0.15) is 0 Å². The van der Waals surface area contributed by atoms with E-state index in [1.807, 2.05) is 6.92 Å². The molecule has 0 bridgehead atoms. The van der Waals surface area contributed by atoms with E-state index in [2.05, 4.69) is 12.2 Å². The molecule has 0 aliphatic rings. The van der Waals surface area contributed by atoms with E-state index < -0.39 is 9.84 Å². The first-order valence-corrected chi connectivity index (χ1v) is 8.41. The Morgan fingerprint density at radius 1 is 1.41 bits per heavy atom. The molecule has 5 heteroatoms. The van der Waals surface area contributed by atoms with Crippen molar-refractivity contribution in [2.45, 2.75) is 49.1 Å². The van der Waals surface area contributed by atoms with Crippen molar-refractivity contribution in [2.24, 2.45) is 0 Å². The molecule has 0 saturated carbocycles. The molecule has 0 saturated heterocycles. The summed E-state index contributed by atoms with van der Waals surface area (Å²) in [7, 11) is -3.14. The summed E-state index contributed by atoms with van der Waals surface area (Å²) in [4.78, 5) is 0. The lowest BCUT2D eigenvalue weighted by Crippen LogP contribution is -2.32. The van der Waals surface area contributed by atoms with Crippen molar-refractivity contribution in [3.05, 3.63) is 17.5 Å². The van der Waals surface area contributed by atoms with E-state index in [0.29, 0.717) is 10.6 Å². The Kier molecular flexibility index (Phi) is 5.62. The Morgan fingerprint density at radius 2 is 2.12 bits per heavy atom. The molecule has 17 heavy (non-hydrogen) atoms. The average molecular weight is 275 g/mol. The molecule has 1 rings (SSSR count). The van der Waals surface area contributed by atoms with Crippen molar-refractivity contribution in [1.82, 2.24) is 5.32 Å². The largest absolute Gasteiger partial charge is 0.314 e. The molecule has 2 atom stereocenters. The second kappa shape index (κ2) is 6.52. The van der Waals surface area contributed by atoms with Gasteiger partial charge in [0.15, 0.2) is 9.84 Å². The van der Waals surface area contributed by atoms with E-state index in [1.165, 1.54) is 11.3 Å². The highest BCUT2D eigenvalue weighted by molar-refractivity contribution is 7.94. The van der Waals surface area contributed by atoms with Crippen molar-refractivity contribution in [1.29, 1.82) is 0 Å². The van der Waals surface area contributed by atoms with Crippen LogP contribution in [0.15, 0.2) is 21.7 Å². The van der Waals surface area contributed by atoms with E-state index in [4.69, 9.17) is 0 Å². The Bertz CT molecular complexity index is 412. The second-order valence-electron chi connectivity index (χ2n) is 4.38. The number of hydrogen-bond acceptors (Lipinski definition) is 4. The summed E-state index contributed by atoms with van der Waals surface area (Å²) in [6, 6.07) is 3.70. The van der Waals surface area contributed by atoms with Crippen LogP contribution in [0.25, 0.3) is 0 Å². The van der Waals surface area contributed by atoms with Gasteiger partial charge in [-0.25, -0.2) is 8.42 Å². The predicted octanol–water partition coefficient (Wildman–Crippen LogP) is 2.69. The van der Waals surface area contributed by atoms with Crippen LogP contribution in [0.4, 0.5) is 0 Å². The van der Waals surface area contributed by atoms with Crippen molar-refractivity contribution in [3.63, 3.8) is 0 Å². The molecule has 0 aliphatic heterocycles. The average Bonchev–Trinajstić information content (AvgIpc) is 2.80. The number of rotatable bonds is 7. The summed E-state index contributed by atoms with van der Waals surface area (Å²) in [6.45, 7) is 6.87. The van der Waals surface area contributed by atoms with Crippen LogP contribution in [-0.4, -0.2) is 26.3 Å². The molecule has 1 N–H and O–H groups in total. The van der Waals surface area contributed by atoms with E-state index in [1.54, 1.807) is 24.4 Å². The molecule has 0 radical (unpaired) electrons. The van der Waals surface area contributed by atoms with Crippen LogP contribution in [0, 0.1) is 0 Å². The molecule has 1 aromatic heterocycles.